The summed E-state index contributed by atoms with van der Waals surface area (Å²) >= 11 is 1.23. The van der Waals surface area contributed by atoms with Crippen LogP contribution in [0.15, 0.2) is 89.8 Å². The van der Waals surface area contributed by atoms with E-state index < -0.39 is 40.7 Å². The Morgan fingerprint density at radius 3 is 2.18 bits per heavy atom. The first-order chi connectivity index (χ1) is 18.7. The highest BCUT2D eigenvalue weighted by Gasteiger charge is 2.34. The Morgan fingerprint density at radius 1 is 0.795 bits per heavy atom. The predicted octanol–water partition coefficient (Wildman–Crippen LogP) is 5.17. The molecule has 3 aromatic carbocycles. The zero-order valence-corrected chi connectivity index (χ0v) is 21.4. The van der Waals surface area contributed by atoms with Crippen molar-refractivity contribution < 1.29 is 34.5 Å². The lowest BCUT2D eigenvalue weighted by Crippen LogP contribution is -2.34. The summed E-state index contributed by atoms with van der Waals surface area (Å²) in [6.07, 6.45) is 4.22. The van der Waals surface area contributed by atoms with Crippen LogP contribution in [0.25, 0.3) is 0 Å². The Balaban J connectivity index is 1.54. The number of hydrogen-bond donors (Lipinski definition) is 5. The van der Waals surface area contributed by atoms with E-state index in [1.807, 2.05) is 12.1 Å². The van der Waals surface area contributed by atoms with Crippen molar-refractivity contribution in [1.29, 1.82) is 0 Å². The third-order valence-corrected chi connectivity index (χ3v) is 7.52. The highest BCUT2D eigenvalue weighted by Crippen LogP contribution is 2.38. The zero-order valence-electron chi connectivity index (χ0n) is 20.6. The molecule has 3 aromatic rings. The monoisotopic (exact) mass is 546 g/mol. The number of nitrogens with one attached hydrogen (secondary N) is 2. The van der Waals surface area contributed by atoms with Gasteiger partial charge in [-0.2, -0.15) is 0 Å². The van der Waals surface area contributed by atoms with Crippen LogP contribution in [0.1, 0.15) is 34.0 Å². The maximum atomic E-state index is 13.4. The molecule has 3 unspecified atom stereocenters. The predicted molar refractivity (Wildman–Crippen MR) is 147 cm³/mol. The maximum Gasteiger partial charge on any atom is 0.339 e. The van der Waals surface area contributed by atoms with Crippen molar-refractivity contribution in [2.24, 2.45) is 11.8 Å². The maximum absolute atomic E-state index is 13.4. The molecule has 0 saturated heterocycles. The van der Waals surface area contributed by atoms with E-state index in [1.54, 1.807) is 54.6 Å². The van der Waals surface area contributed by atoms with Crippen LogP contribution >= 0.6 is 11.8 Å². The van der Waals surface area contributed by atoms with Crippen molar-refractivity contribution in [2.45, 2.75) is 23.0 Å². The van der Waals surface area contributed by atoms with Crippen molar-refractivity contribution in [3.05, 3.63) is 96.1 Å². The van der Waals surface area contributed by atoms with E-state index in [0.717, 1.165) is 0 Å². The van der Waals surface area contributed by atoms with Gasteiger partial charge in [0.15, 0.2) is 0 Å². The largest absolute Gasteiger partial charge is 0.507 e. The Hall–Kier alpha value is -4.57. The number of rotatable bonds is 9. The molecule has 0 aliphatic heterocycles. The molecule has 39 heavy (non-hydrogen) atoms. The SMILES string of the molecule is O=C(O)c1cc(NC(=O)C(Sc2cccc(NC(=O)C3CC=CCC3C(=O)O)c2)c2ccccc2)ccc1O. The molecule has 3 atom stereocenters. The van der Waals surface area contributed by atoms with E-state index in [-0.39, 0.29) is 17.2 Å². The van der Waals surface area contributed by atoms with Gasteiger partial charge in [-0.1, -0.05) is 48.6 Å². The van der Waals surface area contributed by atoms with Crippen molar-refractivity contribution in [2.75, 3.05) is 10.6 Å². The molecule has 1 aliphatic carbocycles. The average Bonchev–Trinajstić information content (AvgIpc) is 2.93. The zero-order chi connectivity index (χ0) is 27.9. The molecule has 0 spiro atoms. The second kappa shape index (κ2) is 12.3. The first-order valence-electron chi connectivity index (χ1n) is 12.1. The van der Waals surface area contributed by atoms with Gasteiger partial charge in [-0.3, -0.25) is 14.4 Å². The number of anilines is 2. The molecule has 5 N–H and O–H groups in total. The number of thioether (sulfide) groups is 1. The van der Waals surface area contributed by atoms with Crippen LogP contribution in [0.2, 0.25) is 0 Å². The van der Waals surface area contributed by atoms with Crippen LogP contribution < -0.4 is 10.6 Å². The fourth-order valence-electron chi connectivity index (χ4n) is 4.29. The summed E-state index contributed by atoms with van der Waals surface area (Å²) in [5.41, 5.74) is 1.05. The van der Waals surface area contributed by atoms with E-state index in [2.05, 4.69) is 10.6 Å². The third-order valence-electron chi connectivity index (χ3n) is 6.28. The molecule has 10 heteroatoms. The molecular formula is C29H26N2O7S. The minimum atomic E-state index is -1.32. The number of hydrogen-bond acceptors (Lipinski definition) is 6. The van der Waals surface area contributed by atoms with Crippen molar-refractivity contribution in [1.82, 2.24) is 0 Å². The number of aromatic hydroxyl groups is 1. The first-order valence-corrected chi connectivity index (χ1v) is 13.0. The molecule has 0 saturated carbocycles. The van der Waals surface area contributed by atoms with Gasteiger partial charge in [0.05, 0.1) is 11.8 Å². The van der Waals surface area contributed by atoms with Gasteiger partial charge in [0.25, 0.3) is 0 Å². The van der Waals surface area contributed by atoms with Crippen LogP contribution in [0.5, 0.6) is 5.75 Å². The number of amides is 2. The Kier molecular flexibility index (Phi) is 8.67. The van der Waals surface area contributed by atoms with Gasteiger partial charge in [0.2, 0.25) is 11.8 Å². The number of aromatic carboxylic acids is 1. The Labute approximate surface area is 228 Å². The van der Waals surface area contributed by atoms with E-state index in [4.69, 9.17) is 0 Å². The molecular weight excluding hydrogens is 520 g/mol. The van der Waals surface area contributed by atoms with Gasteiger partial charge >= 0.3 is 11.9 Å². The summed E-state index contributed by atoms with van der Waals surface area (Å²) in [6, 6.07) is 19.7. The quantitative estimate of drug-likeness (QED) is 0.140. The number of aliphatic carboxylic acids is 1. The van der Waals surface area contributed by atoms with E-state index >= 15 is 0 Å². The molecule has 2 amide bonds. The van der Waals surface area contributed by atoms with E-state index in [1.165, 1.54) is 30.0 Å². The van der Waals surface area contributed by atoms with Gasteiger partial charge < -0.3 is 26.0 Å². The van der Waals surface area contributed by atoms with Crippen LogP contribution in [-0.4, -0.2) is 39.1 Å². The van der Waals surface area contributed by atoms with Gasteiger partial charge in [-0.15, -0.1) is 11.8 Å². The molecule has 4 rings (SSSR count). The Bertz CT molecular complexity index is 1420. The number of phenols is 1. The summed E-state index contributed by atoms with van der Waals surface area (Å²) in [7, 11) is 0. The van der Waals surface area contributed by atoms with Crippen LogP contribution in [0.3, 0.4) is 0 Å². The van der Waals surface area contributed by atoms with Crippen LogP contribution in [0, 0.1) is 11.8 Å². The lowest BCUT2D eigenvalue weighted by atomic mass is 9.82. The summed E-state index contributed by atoms with van der Waals surface area (Å²) < 4.78 is 0. The normalized spacial score (nSPS) is 17.1. The van der Waals surface area contributed by atoms with E-state index in [0.29, 0.717) is 29.0 Å². The third kappa shape index (κ3) is 6.85. The fraction of sp³-hybridized carbons (Fsp3) is 0.172. The second-order valence-electron chi connectivity index (χ2n) is 8.95. The average molecular weight is 547 g/mol. The highest BCUT2D eigenvalue weighted by molar-refractivity contribution is 8.00. The van der Waals surface area contributed by atoms with E-state index in [9.17, 15) is 34.5 Å². The van der Waals surface area contributed by atoms with Gasteiger partial charge in [-0.05, 0) is 54.8 Å². The lowest BCUT2D eigenvalue weighted by Gasteiger charge is -2.24. The number of carbonyl (C=O) groups is 4. The summed E-state index contributed by atoms with van der Waals surface area (Å²) in [4.78, 5) is 49.9. The molecule has 0 heterocycles. The number of carboxylic acids is 2. The fourth-order valence-corrected chi connectivity index (χ4v) is 5.37. The smallest absolute Gasteiger partial charge is 0.339 e. The lowest BCUT2D eigenvalue weighted by molar-refractivity contribution is -0.146. The summed E-state index contributed by atoms with van der Waals surface area (Å²) in [6.45, 7) is 0. The van der Waals surface area contributed by atoms with Crippen molar-refractivity contribution in [3.8, 4) is 5.75 Å². The van der Waals surface area contributed by atoms with Gasteiger partial charge in [-0.25, -0.2) is 4.79 Å². The molecule has 9 nitrogen and oxygen atoms in total. The topological polar surface area (TPSA) is 153 Å². The molecule has 200 valence electrons. The summed E-state index contributed by atoms with van der Waals surface area (Å²) in [5.74, 6) is -5.02. The number of benzene rings is 3. The molecule has 0 aromatic heterocycles. The number of carbonyl (C=O) groups excluding carboxylic acids is 2. The molecule has 0 bridgehead atoms. The highest BCUT2D eigenvalue weighted by atomic mass is 32.2. The minimum Gasteiger partial charge on any atom is -0.507 e. The first kappa shape index (κ1) is 27.5. The number of allylic oxidation sites excluding steroid dienone is 2. The Morgan fingerprint density at radius 2 is 1.49 bits per heavy atom. The number of carboxylic acid groups (broad SMARTS) is 2. The molecule has 0 radical (unpaired) electrons. The van der Waals surface area contributed by atoms with Crippen LogP contribution in [0.4, 0.5) is 11.4 Å². The van der Waals surface area contributed by atoms with Crippen LogP contribution in [-0.2, 0) is 14.4 Å². The van der Waals surface area contributed by atoms with Crippen molar-refractivity contribution >= 4 is 46.9 Å². The van der Waals surface area contributed by atoms with Crippen molar-refractivity contribution in [3.63, 3.8) is 0 Å². The molecule has 1 aliphatic rings. The summed E-state index contributed by atoms with van der Waals surface area (Å²) in [5, 5.41) is 33.3. The minimum absolute atomic E-state index is 0.215. The second-order valence-corrected chi connectivity index (χ2v) is 10.1. The standard InChI is InChI=1S/C29H26N2O7S/c32-24-14-13-19(16-23(24)29(37)38)31-27(34)25(17-7-2-1-3-8-17)39-20-10-6-9-18(15-20)30-26(33)21-11-4-5-12-22(21)28(35)36/h1-10,13-16,21-22,25,32H,11-12H2,(H,30,33)(H,31,34)(H,35,36)(H,37,38). The van der Waals surface area contributed by atoms with Gasteiger partial charge in [0.1, 0.15) is 16.6 Å². The van der Waals surface area contributed by atoms with Gasteiger partial charge in [0, 0.05) is 16.3 Å². The molecule has 0 fully saturated rings.